The SMILES string of the molecule is CCCCC[C@H]1CC[C@H](CC[C@H]2CC[C@H](C3(OC)CCCCC3)CC2)CC1. The van der Waals surface area contributed by atoms with Crippen molar-refractivity contribution in [3.05, 3.63) is 0 Å². The minimum Gasteiger partial charge on any atom is -0.378 e. The zero-order valence-corrected chi connectivity index (χ0v) is 18.7. The van der Waals surface area contributed by atoms with E-state index in [0.29, 0.717) is 0 Å². The van der Waals surface area contributed by atoms with Crippen molar-refractivity contribution in [3.63, 3.8) is 0 Å². The van der Waals surface area contributed by atoms with E-state index in [-0.39, 0.29) is 5.60 Å². The Morgan fingerprint density at radius 1 is 0.667 bits per heavy atom. The third-order valence-electron chi connectivity index (χ3n) is 8.86. The lowest BCUT2D eigenvalue weighted by Gasteiger charge is -2.45. The van der Waals surface area contributed by atoms with E-state index in [1.54, 1.807) is 12.8 Å². The second-order valence-corrected chi connectivity index (χ2v) is 10.5. The summed E-state index contributed by atoms with van der Waals surface area (Å²) in [5.74, 6) is 4.02. The van der Waals surface area contributed by atoms with Crippen LogP contribution in [0.3, 0.4) is 0 Å². The van der Waals surface area contributed by atoms with Gasteiger partial charge < -0.3 is 4.74 Å². The summed E-state index contributed by atoms with van der Waals surface area (Å²) < 4.78 is 6.15. The molecule has 0 aromatic heterocycles. The summed E-state index contributed by atoms with van der Waals surface area (Å²) in [4.78, 5) is 0. The standard InChI is InChI=1S/C26H48O/c1-3-4-6-9-22-10-12-23(13-11-22)14-15-24-16-18-25(19-17-24)26(27-2)20-7-5-8-21-26/h22-25H,3-21H2,1-2H3/t22-,23-,24-,25-. The summed E-state index contributed by atoms with van der Waals surface area (Å²) in [5, 5.41) is 0. The molecule has 3 aliphatic carbocycles. The molecule has 0 bridgehead atoms. The van der Waals surface area contributed by atoms with Crippen LogP contribution in [0.25, 0.3) is 0 Å². The van der Waals surface area contributed by atoms with Crippen LogP contribution >= 0.6 is 0 Å². The maximum atomic E-state index is 6.15. The van der Waals surface area contributed by atoms with Crippen LogP contribution in [0.4, 0.5) is 0 Å². The van der Waals surface area contributed by atoms with Gasteiger partial charge in [0.2, 0.25) is 0 Å². The van der Waals surface area contributed by atoms with Gasteiger partial charge >= 0.3 is 0 Å². The molecule has 0 aromatic carbocycles. The first kappa shape index (κ1) is 21.7. The molecule has 0 amide bonds. The quantitative estimate of drug-likeness (QED) is 0.368. The molecular formula is C26H48O. The largest absolute Gasteiger partial charge is 0.378 e. The first-order valence-corrected chi connectivity index (χ1v) is 12.8. The van der Waals surface area contributed by atoms with E-state index < -0.39 is 0 Å². The van der Waals surface area contributed by atoms with Gasteiger partial charge in [-0.2, -0.15) is 0 Å². The lowest BCUT2D eigenvalue weighted by atomic mass is 9.67. The zero-order valence-electron chi connectivity index (χ0n) is 18.7. The van der Waals surface area contributed by atoms with Gasteiger partial charge in [-0.15, -0.1) is 0 Å². The molecule has 0 radical (unpaired) electrons. The van der Waals surface area contributed by atoms with Crippen LogP contribution < -0.4 is 0 Å². The van der Waals surface area contributed by atoms with E-state index in [2.05, 4.69) is 6.92 Å². The van der Waals surface area contributed by atoms with E-state index in [1.807, 2.05) is 7.11 Å². The van der Waals surface area contributed by atoms with Crippen molar-refractivity contribution in [1.82, 2.24) is 0 Å². The van der Waals surface area contributed by atoms with Crippen molar-refractivity contribution >= 4 is 0 Å². The number of hydrogen-bond donors (Lipinski definition) is 0. The summed E-state index contributed by atoms with van der Waals surface area (Å²) >= 11 is 0. The van der Waals surface area contributed by atoms with Crippen LogP contribution in [0.1, 0.15) is 129 Å². The molecule has 27 heavy (non-hydrogen) atoms. The molecule has 0 aromatic rings. The first-order chi connectivity index (χ1) is 13.3. The third kappa shape index (κ3) is 6.22. The van der Waals surface area contributed by atoms with Crippen LogP contribution in [0, 0.1) is 23.7 Å². The Labute approximate surface area is 170 Å². The summed E-state index contributed by atoms with van der Waals surface area (Å²) in [6.45, 7) is 2.33. The Morgan fingerprint density at radius 2 is 1.19 bits per heavy atom. The van der Waals surface area contributed by atoms with E-state index in [4.69, 9.17) is 4.74 Å². The molecular weight excluding hydrogens is 328 g/mol. The Morgan fingerprint density at radius 3 is 1.70 bits per heavy atom. The molecule has 3 aliphatic rings. The fraction of sp³-hybridized carbons (Fsp3) is 1.00. The second-order valence-electron chi connectivity index (χ2n) is 10.5. The summed E-state index contributed by atoms with van der Waals surface area (Å²) in [6.07, 6.45) is 27.8. The van der Waals surface area contributed by atoms with Crippen molar-refractivity contribution in [2.45, 2.75) is 135 Å². The molecule has 3 saturated carbocycles. The molecule has 3 fully saturated rings. The minimum atomic E-state index is 0.263. The Bertz CT molecular complexity index is 381. The highest BCUT2D eigenvalue weighted by atomic mass is 16.5. The minimum absolute atomic E-state index is 0.263. The van der Waals surface area contributed by atoms with E-state index >= 15 is 0 Å². The summed E-state index contributed by atoms with van der Waals surface area (Å²) in [7, 11) is 2.00. The topological polar surface area (TPSA) is 9.23 Å². The molecule has 0 saturated heterocycles. The lowest BCUT2D eigenvalue weighted by molar-refractivity contribution is -0.0972. The average molecular weight is 377 g/mol. The molecule has 3 rings (SSSR count). The van der Waals surface area contributed by atoms with Crippen LogP contribution in [-0.2, 0) is 4.74 Å². The number of methoxy groups -OCH3 is 1. The van der Waals surface area contributed by atoms with Gasteiger partial charge in [0.1, 0.15) is 0 Å². The van der Waals surface area contributed by atoms with E-state index in [1.165, 1.54) is 109 Å². The molecule has 0 atom stereocenters. The average Bonchev–Trinajstić information content (AvgIpc) is 2.74. The predicted octanol–water partition coefficient (Wildman–Crippen LogP) is 8.31. The number of hydrogen-bond acceptors (Lipinski definition) is 1. The molecule has 0 unspecified atom stereocenters. The van der Waals surface area contributed by atoms with Crippen molar-refractivity contribution in [3.8, 4) is 0 Å². The Balaban J connectivity index is 1.31. The molecule has 158 valence electrons. The van der Waals surface area contributed by atoms with Gasteiger partial charge in [0.25, 0.3) is 0 Å². The highest BCUT2D eigenvalue weighted by Gasteiger charge is 2.41. The Kier molecular flexibility index (Phi) is 9.01. The van der Waals surface area contributed by atoms with Crippen molar-refractivity contribution < 1.29 is 4.74 Å². The molecule has 0 heterocycles. The first-order valence-electron chi connectivity index (χ1n) is 12.8. The second kappa shape index (κ2) is 11.2. The lowest BCUT2D eigenvalue weighted by Crippen LogP contribution is -2.43. The summed E-state index contributed by atoms with van der Waals surface area (Å²) in [6, 6.07) is 0. The zero-order chi connectivity index (χ0) is 19.0. The maximum Gasteiger partial charge on any atom is 0.0706 e. The highest BCUT2D eigenvalue weighted by molar-refractivity contribution is 4.93. The number of rotatable bonds is 9. The van der Waals surface area contributed by atoms with Crippen LogP contribution in [-0.4, -0.2) is 12.7 Å². The van der Waals surface area contributed by atoms with Gasteiger partial charge in [0, 0.05) is 7.11 Å². The fourth-order valence-electron chi connectivity index (χ4n) is 6.87. The highest BCUT2D eigenvalue weighted by Crippen LogP contribution is 2.46. The molecule has 0 spiro atoms. The number of ether oxygens (including phenoxy) is 1. The van der Waals surface area contributed by atoms with Gasteiger partial charge in [-0.3, -0.25) is 0 Å². The monoisotopic (exact) mass is 376 g/mol. The molecule has 1 heteroatoms. The van der Waals surface area contributed by atoms with Crippen LogP contribution in [0.2, 0.25) is 0 Å². The smallest absolute Gasteiger partial charge is 0.0706 e. The van der Waals surface area contributed by atoms with Crippen LogP contribution in [0.15, 0.2) is 0 Å². The summed E-state index contributed by atoms with van der Waals surface area (Å²) in [5.41, 5.74) is 0.263. The van der Waals surface area contributed by atoms with E-state index in [0.717, 1.165) is 23.7 Å². The predicted molar refractivity (Wildman–Crippen MR) is 117 cm³/mol. The molecule has 0 N–H and O–H groups in total. The number of unbranched alkanes of at least 4 members (excludes halogenated alkanes) is 2. The fourth-order valence-corrected chi connectivity index (χ4v) is 6.87. The van der Waals surface area contributed by atoms with Crippen molar-refractivity contribution in [1.29, 1.82) is 0 Å². The van der Waals surface area contributed by atoms with Crippen molar-refractivity contribution in [2.75, 3.05) is 7.11 Å². The normalized spacial score (nSPS) is 34.4. The van der Waals surface area contributed by atoms with Crippen LogP contribution in [0.5, 0.6) is 0 Å². The van der Waals surface area contributed by atoms with Gasteiger partial charge in [-0.1, -0.05) is 103 Å². The third-order valence-corrected chi connectivity index (χ3v) is 8.86. The van der Waals surface area contributed by atoms with E-state index in [9.17, 15) is 0 Å². The molecule has 1 nitrogen and oxygen atoms in total. The van der Waals surface area contributed by atoms with Gasteiger partial charge in [-0.05, 0) is 49.4 Å². The Hall–Kier alpha value is -0.0400. The van der Waals surface area contributed by atoms with Gasteiger partial charge in [0.05, 0.1) is 5.60 Å². The molecule has 0 aliphatic heterocycles. The van der Waals surface area contributed by atoms with Gasteiger partial charge in [-0.25, -0.2) is 0 Å². The van der Waals surface area contributed by atoms with Crippen molar-refractivity contribution in [2.24, 2.45) is 23.7 Å². The van der Waals surface area contributed by atoms with Gasteiger partial charge in [0.15, 0.2) is 0 Å². The maximum absolute atomic E-state index is 6.15.